The molecule has 23 heavy (non-hydrogen) atoms. The minimum atomic E-state index is -1.000. The Bertz CT molecular complexity index is 593. The summed E-state index contributed by atoms with van der Waals surface area (Å²) in [4.78, 5) is 28.0. The molecule has 0 aliphatic carbocycles. The van der Waals surface area contributed by atoms with E-state index < -0.39 is 11.5 Å². The van der Waals surface area contributed by atoms with Gasteiger partial charge in [-0.1, -0.05) is 23.7 Å². The van der Waals surface area contributed by atoms with Crippen molar-refractivity contribution in [1.29, 1.82) is 0 Å². The maximum atomic E-state index is 12.9. The van der Waals surface area contributed by atoms with Gasteiger partial charge in [0.05, 0.1) is 5.41 Å². The molecule has 0 saturated carbocycles. The summed E-state index contributed by atoms with van der Waals surface area (Å²) in [5, 5.41) is 9.98. The predicted octanol–water partition coefficient (Wildman–Crippen LogP) is 1.67. The van der Waals surface area contributed by atoms with Crippen molar-refractivity contribution in [3.63, 3.8) is 0 Å². The molecule has 126 valence electrons. The molecule has 1 fully saturated rings. The lowest BCUT2D eigenvalue weighted by Gasteiger charge is -2.39. The fourth-order valence-corrected chi connectivity index (χ4v) is 2.98. The highest BCUT2D eigenvalue weighted by Crippen LogP contribution is 2.28. The largest absolute Gasteiger partial charge is 0.384 e. The summed E-state index contributed by atoms with van der Waals surface area (Å²) in [5.41, 5.74) is 0.193. The SMILES string of the molecule is CC(O)C(=O)N1CCN(C(=O)C(C)(C)c2cccc(Cl)c2)CC1. The summed E-state index contributed by atoms with van der Waals surface area (Å²) in [5.74, 6) is -0.268. The van der Waals surface area contributed by atoms with Crippen molar-refractivity contribution in [2.24, 2.45) is 0 Å². The van der Waals surface area contributed by atoms with E-state index in [-0.39, 0.29) is 11.8 Å². The van der Waals surface area contributed by atoms with Gasteiger partial charge in [0.25, 0.3) is 5.91 Å². The van der Waals surface area contributed by atoms with Crippen LogP contribution in [0, 0.1) is 0 Å². The van der Waals surface area contributed by atoms with E-state index in [2.05, 4.69) is 0 Å². The van der Waals surface area contributed by atoms with Crippen LogP contribution in [-0.4, -0.2) is 59.0 Å². The minimum Gasteiger partial charge on any atom is -0.384 e. The van der Waals surface area contributed by atoms with Crippen molar-refractivity contribution in [2.75, 3.05) is 26.2 Å². The molecule has 1 aromatic rings. The van der Waals surface area contributed by atoms with Crippen LogP contribution in [0.2, 0.25) is 5.02 Å². The lowest BCUT2D eigenvalue weighted by Crippen LogP contribution is -2.55. The third-order valence-electron chi connectivity index (χ3n) is 4.32. The number of halogens is 1. The number of carbonyl (C=O) groups excluding carboxylic acids is 2. The molecule has 2 rings (SSSR count). The Hall–Kier alpha value is -1.59. The monoisotopic (exact) mass is 338 g/mol. The molecule has 1 heterocycles. The molecule has 0 aromatic heterocycles. The van der Waals surface area contributed by atoms with Crippen LogP contribution in [0.5, 0.6) is 0 Å². The Balaban J connectivity index is 2.06. The first kappa shape index (κ1) is 17.8. The molecule has 1 aromatic carbocycles. The predicted molar refractivity (Wildman–Crippen MR) is 89.3 cm³/mol. The molecule has 1 aliphatic heterocycles. The van der Waals surface area contributed by atoms with Gasteiger partial charge in [0.1, 0.15) is 6.10 Å². The fourth-order valence-electron chi connectivity index (χ4n) is 2.79. The summed E-state index contributed by atoms with van der Waals surface area (Å²) in [6, 6.07) is 7.33. The maximum absolute atomic E-state index is 12.9. The molecule has 1 atom stereocenters. The quantitative estimate of drug-likeness (QED) is 0.912. The first-order valence-corrected chi connectivity index (χ1v) is 8.13. The van der Waals surface area contributed by atoms with Crippen LogP contribution in [-0.2, 0) is 15.0 Å². The number of rotatable bonds is 3. The Morgan fingerprint density at radius 3 is 2.26 bits per heavy atom. The van der Waals surface area contributed by atoms with Gasteiger partial charge in [-0.05, 0) is 38.5 Å². The molecule has 1 aliphatic rings. The van der Waals surface area contributed by atoms with Gasteiger partial charge in [-0.25, -0.2) is 0 Å². The second-order valence-electron chi connectivity index (χ2n) is 6.43. The van der Waals surface area contributed by atoms with Gasteiger partial charge in [-0.15, -0.1) is 0 Å². The van der Waals surface area contributed by atoms with Crippen LogP contribution in [0.15, 0.2) is 24.3 Å². The van der Waals surface area contributed by atoms with E-state index in [1.54, 1.807) is 15.9 Å². The molecule has 1 unspecified atom stereocenters. The van der Waals surface area contributed by atoms with Crippen molar-refractivity contribution in [3.8, 4) is 0 Å². The number of piperazine rings is 1. The summed E-state index contributed by atoms with van der Waals surface area (Å²) in [6.45, 7) is 7.07. The zero-order chi connectivity index (χ0) is 17.2. The van der Waals surface area contributed by atoms with Gasteiger partial charge in [-0.2, -0.15) is 0 Å². The number of hydrogen-bond acceptors (Lipinski definition) is 3. The van der Waals surface area contributed by atoms with Crippen LogP contribution >= 0.6 is 11.6 Å². The maximum Gasteiger partial charge on any atom is 0.251 e. The van der Waals surface area contributed by atoms with Crippen LogP contribution in [0.1, 0.15) is 26.3 Å². The van der Waals surface area contributed by atoms with Gasteiger partial charge in [0, 0.05) is 31.2 Å². The molecule has 0 spiro atoms. The zero-order valence-electron chi connectivity index (χ0n) is 13.8. The summed E-state index contributed by atoms with van der Waals surface area (Å²) in [7, 11) is 0. The normalized spacial score (nSPS) is 17.1. The molecule has 0 bridgehead atoms. The first-order chi connectivity index (χ1) is 10.7. The van der Waals surface area contributed by atoms with Crippen LogP contribution < -0.4 is 0 Å². The minimum absolute atomic E-state index is 0.0175. The van der Waals surface area contributed by atoms with Gasteiger partial charge < -0.3 is 14.9 Å². The van der Waals surface area contributed by atoms with Gasteiger partial charge in [0.15, 0.2) is 0 Å². The molecule has 2 amide bonds. The van der Waals surface area contributed by atoms with Crippen molar-refractivity contribution in [3.05, 3.63) is 34.9 Å². The number of hydrogen-bond donors (Lipinski definition) is 1. The van der Waals surface area contributed by atoms with Gasteiger partial charge in [0.2, 0.25) is 5.91 Å². The number of benzene rings is 1. The smallest absolute Gasteiger partial charge is 0.251 e. The Morgan fingerprint density at radius 2 is 1.74 bits per heavy atom. The number of aliphatic hydroxyl groups excluding tert-OH is 1. The number of amides is 2. The van der Waals surface area contributed by atoms with Crippen LogP contribution in [0.3, 0.4) is 0 Å². The second kappa shape index (κ2) is 6.89. The van der Waals surface area contributed by atoms with E-state index in [1.165, 1.54) is 6.92 Å². The molecule has 5 nitrogen and oxygen atoms in total. The van der Waals surface area contributed by atoms with E-state index in [9.17, 15) is 14.7 Å². The highest BCUT2D eigenvalue weighted by molar-refractivity contribution is 6.30. The highest BCUT2D eigenvalue weighted by atomic mass is 35.5. The average molecular weight is 339 g/mol. The first-order valence-electron chi connectivity index (χ1n) is 7.75. The Kier molecular flexibility index (Phi) is 5.32. The molecular formula is C17H23ClN2O3. The van der Waals surface area contributed by atoms with Crippen molar-refractivity contribution >= 4 is 23.4 Å². The summed E-state index contributed by atoms with van der Waals surface area (Å²) >= 11 is 6.03. The van der Waals surface area contributed by atoms with Crippen LogP contribution in [0.4, 0.5) is 0 Å². The Morgan fingerprint density at radius 1 is 1.17 bits per heavy atom. The lowest BCUT2D eigenvalue weighted by molar-refractivity contribution is -0.146. The standard InChI is InChI=1S/C17H23ClN2O3/c1-12(21)15(22)19-7-9-20(10-8-19)16(23)17(2,3)13-5-4-6-14(18)11-13/h4-6,11-12,21H,7-10H2,1-3H3. The summed E-state index contributed by atoms with van der Waals surface area (Å²) in [6.07, 6.45) is -1.000. The van der Waals surface area contributed by atoms with Crippen molar-refractivity contribution in [2.45, 2.75) is 32.3 Å². The van der Waals surface area contributed by atoms with E-state index in [4.69, 9.17) is 11.6 Å². The fraction of sp³-hybridized carbons (Fsp3) is 0.529. The average Bonchev–Trinajstić information content (AvgIpc) is 2.53. The second-order valence-corrected chi connectivity index (χ2v) is 6.87. The third kappa shape index (κ3) is 3.85. The number of carbonyl (C=O) groups is 2. The molecule has 6 heteroatoms. The molecule has 1 N–H and O–H groups in total. The third-order valence-corrected chi connectivity index (χ3v) is 4.55. The van der Waals surface area contributed by atoms with E-state index in [1.807, 2.05) is 32.0 Å². The Labute approximate surface area is 141 Å². The number of aliphatic hydroxyl groups is 1. The van der Waals surface area contributed by atoms with E-state index in [0.717, 1.165) is 5.56 Å². The number of nitrogens with zero attached hydrogens (tertiary/aromatic N) is 2. The zero-order valence-corrected chi connectivity index (χ0v) is 14.5. The topological polar surface area (TPSA) is 60.9 Å². The molecule has 0 radical (unpaired) electrons. The molecule has 1 saturated heterocycles. The van der Waals surface area contributed by atoms with Crippen molar-refractivity contribution in [1.82, 2.24) is 9.80 Å². The van der Waals surface area contributed by atoms with E-state index >= 15 is 0 Å². The van der Waals surface area contributed by atoms with Gasteiger partial charge in [-0.3, -0.25) is 9.59 Å². The van der Waals surface area contributed by atoms with E-state index in [0.29, 0.717) is 31.2 Å². The molecular weight excluding hydrogens is 316 g/mol. The highest BCUT2D eigenvalue weighted by Gasteiger charge is 2.36. The van der Waals surface area contributed by atoms with Gasteiger partial charge >= 0.3 is 0 Å². The summed E-state index contributed by atoms with van der Waals surface area (Å²) < 4.78 is 0. The van der Waals surface area contributed by atoms with Crippen molar-refractivity contribution < 1.29 is 14.7 Å². The lowest BCUT2D eigenvalue weighted by atomic mass is 9.83. The van der Waals surface area contributed by atoms with Crippen LogP contribution in [0.25, 0.3) is 0 Å².